The summed E-state index contributed by atoms with van der Waals surface area (Å²) < 4.78 is 10.4. The Morgan fingerprint density at radius 1 is 1.07 bits per heavy atom. The minimum atomic E-state index is -0.561. The van der Waals surface area contributed by atoms with E-state index in [-0.39, 0.29) is 17.4 Å². The van der Waals surface area contributed by atoms with Crippen LogP contribution in [0, 0.1) is 0 Å². The fourth-order valence-electron chi connectivity index (χ4n) is 2.53. The Kier molecular flexibility index (Phi) is 5.64. The third kappa shape index (κ3) is 3.98. The molecule has 0 bridgehead atoms. The molecule has 28 heavy (non-hydrogen) atoms. The maximum absolute atomic E-state index is 11.7. The molecule has 9 nitrogen and oxygen atoms in total. The number of rotatable bonds is 6. The first kappa shape index (κ1) is 19.0. The second-order valence-electron chi connectivity index (χ2n) is 5.76. The first-order valence-corrected chi connectivity index (χ1v) is 8.50. The van der Waals surface area contributed by atoms with Crippen molar-refractivity contribution in [2.24, 2.45) is 0 Å². The molecule has 9 heteroatoms. The average Bonchev–Trinajstić information content (AvgIpc) is 2.71. The number of carbonyl (C=O) groups excluding carboxylic acids is 1. The van der Waals surface area contributed by atoms with E-state index in [0.29, 0.717) is 23.3 Å². The molecule has 0 saturated heterocycles. The lowest BCUT2D eigenvalue weighted by molar-refractivity contribution is 0.0600. The Morgan fingerprint density at radius 2 is 1.75 bits per heavy atom. The van der Waals surface area contributed by atoms with Crippen LogP contribution in [0.4, 0.5) is 0 Å². The van der Waals surface area contributed by atoms with Crippen LogP contribution in [0.5, 0.6) is 23.3 Å². The van der Waals surface area contributed by atoms with E-state index in [1.807, 2.05) is 6.92 Å². The summed E-state index contributed by atoms with van der Waals surface area (Å²) in [6.45, 7) is 1.97. The molecule has 0 aliphatic carbocycles. The van der Waals surface area contributed by atoms with Gasteiger partial charge in [-0.05, 0) is 36.2 Å². The van der Waals surface area contributed by atoms with E-state index < -0.39 is 17.7 Å². The number of hydrogen-bond donors (Lipinski definition) is 2. The maximum Gasteiger partial charge on any atom is 0.337 e. The second-order valence-corrected chi connectivity index (χ2v) is 5.76. The number of nitrogens with zero attached hydrogens (tertiary/aromatic N) is 4. The number of aromatic nitrogens is 4. The summed E-state index contributed by atoms with van der Waals surface area (Å²) in [6, 6.07) is 6.35. The molecule has 0 radical (unpaired) electrons. The van der Waals surface area contributed by atoms with E-state index in [0.717, 1.165) is 6.42 Å². The van der Waals surface area contributed by atoms with Crippen LogP contribution < -0.4 is 4.74 Å². The van der Waals surface area contributed by atoms with Gasteiger partial charge in [0.1, 0.15) is 5.75 Å². The zero-order valence-corrected chi connectivity index (χ0v) is 15.3. The topological polar surface area (TPSA) is 128 Å². The molecule has 3 aromatic rings. The Labute approximate surface area is 160 Å². The highest BCUT2D eigenvalue weighted by Gasteiger charge is 2.20. The molecule has 0 atom stereocenters. The van der Waals surface area contributed by atoms with Gasteiger partial charge in [0.2, 0.25) is 5.82 Å². The monoisotopic (exact) mass is 382 g/mol. The van der Waals surface area contributed by atoms with E-state index in [2.05, 4.69) is 19.9 Å². The Balaban J connectivity index is 1.96. The normalized spacial score (nSPS) is 10.5. The number of carbonyl (C=O) groups is 1. The smallest absolute Gasteiger partial charge is 0.337 e. The summed E-state index contributed by atoms with van der Waals surface area (Å²) in [4.78, 5) is 27.5. The van der Waals surface area contributed by atoms with Crippen molar-refractivity contribution in [3.63, 3.8) is 0 Å². The van der Waals surface area contributed by atoms with Crippen molar-refractivity contribution >= 4 is 5.97 Å². The fourth-order valence-corrected chi connectivity index (χ4v) is 2.53. The molecule has 3 rings (SSSR count). The number of aryl methyl sites for hydroxylation is 1. The summed E-state index contributed by atoms with van der Waals surface area (Å²) in [5.74, 6) is -1.43. The van der Waals surface area contributed by atoms with Gasteiger partial charge in [0.25, 0.3) is 17.5 Å². The number of esters is 1. The molecule has 0 unspecified atom stereocenters. The summed E-state index contributed by atoms with van der Waals surface area (Å²) in [5, 5.41) is 20.5. The van der Waals surface area contributed by atoms with Gasteiger partial charge in [-0.25, -0.2) is 14.8 Å². The predicted octanol–water partition coefficient (Wildman–Crippen LogP) is 2.88. The van der Waals surface area contributed by atoms with E-state index >= 15 is 0 Å². The lowest BCUT2D eigenvalue weighted by Crippen LogP contribution is -2.03. The number of aromatic hydroxyl groups is 2. The van der Waals surface area contributed by atoms with E-state index in [1.165, 1.54) is 25.6 Å². The molecule has 0 aliphatic rings. The van der Waals surface area contributed by atoms with Gasteiger partial charge >= 0.3 is 5.97 Å². The largest absolute Gasteiger partial charge is 0.490 e. The van der Waals surface area contributed by atoms with Crippen LogP contribution in [0.25, 0.3) is 11.6 Å². The molecule has 144 valence electrons. The van der Waals surface area contributed by atoms with Crippen molar-refractivity contribution in [1.29, 1.82) is 0 Å². The van der Waals surface area contributed by atoms with Gasteiger partial charge in [-0.3, -0.25) is 0 Å². The Bertz CT molecular complexity index is 972. The quantitative estimate of drug-likeness (QED) is 0.618. The molecule has 0 fully saturated rings. The van der Waals surface area contributed by atoms with Crippen LogP contribution >= 0.6 is 0 Å². The van der Waals surface area contributed by atoms with Gasteiger partial charge in [0.05, 0.1) is 12.7 Å². The Hall–Kier alpha value is -3.75. The van der Waals surface area contributed by atoms with E-state index in [4.69, 9.17) is 9.47 Å². The van der Waals surface area contributed by atoms with E-state index in [9.17, 15) is 15.0 Å². The summed E-state index contributed by atoms with van der Waals surface area (Å²) in [5.41, 5.74) is 1.08. The zero-order valence-electron chi connectivity index (χ0n) is 15.3. The summed E-state index contributed by atoms with van der Waals surface area (Å²) in [7, 11) is 1.30. The van der Waals surface area contributed by atoms with Gasteiger partial charge in [0.15, 0.2) is 5.82 Å². The predicted molar refractivity (Wildman–Crippen MR) is 98.2 cm³/mol. The molecular weight excluding hydrogens is 364 g/mol. The van der Waals surface area contributed by atoms with Gasteiger partial charge in [0, 0.05) is 12.4 Å². The molecule has 0 aliphatic heterocycles. The highest BCUT2D eigenvalue weighted by Crippen LogP contribution is 2.38. The van der Waals surface area contributed by atoms with Crippen molar-refractivity contribution in [3.8, 4) is 34.9 Å². The lowest BCUT2D eigenvalue weighted by atomic mass is 10.1. The molecule has 0 amide bonds. The molecule has 2 N–H and O–H groups in total. The summed E-state index contributed by atoms with van der Waals surface area (Å²) >= 11 is 0. The van der Waals surface area contributed by atoms with Crippen LogP contribution in [0.15, 0.2) is 36.7 Å². The molecule has 1 aromatic carbocycles. The van der Waals surface area contributed by atoms with Crippen molar-refractivity contribution in [1.82, 2.24) is 19.9 Å². The van der Waals surface area contributed by atoms with Crippen molar-refractivity contribution < 1.29 is 24.5 Å². The van der Waals surface area contributed by atoms with Crippen molar-refractivity contribution in [2.45, 2.75) is 19.8 Å². The summed E-state index contributed by atoms with van der Waals surface area (Å²) in [6.07, 6.45) is 4.38. The lowest BCUT2D eigenvalue weighted by Gasteiger charge is -2.13. The van der Waals surface area contributed by atoms with E-state index in [1.54, 1.807) is 18.2 Å². The maximum atomic E-state index is 11.7. The SMILES string of the molecule is CCCc1cc(C(=O)OC)ccc1Oc1c(O)nc(-c2ncccn2)nc1O. The van der Waals surface area contributed by atoms with Gasteiger partial charge in [-0.2, -0.15) is 9.97 Å². The molecular formula is C19H18N4O5. The molecule has 2 heterocycles. The number of benzene rings is 1. The second kappa shape index (κ2) is 8.30. The average molecular weight is 382 g/mol. The molecule has 0 spiro atoms. The van der Waals surface area contributed by atoms with Crippen molar-refractivity contribution in [3.05, 3.63) is 47.8 Å². The first-order chi connectivity index (χ1) is 13.5. The number of hydrogen-bond acceptors (Lipinski definition) is 9. The van der Waals surface area contributed by atoms with Crippen LogP contribution in [0.1, 0.15) is 29.3 Å². The number of methoxy groups -OCH3 is 1. The zero-order chi connectivity index (χ0) is 20.1. The third-order valence-electron chi connectivity index (χ3n) is 3.81. The first-order valence-electron chi connectivity index (χ1n) is 8.50. The number of ether oxygens (including phenoxy) is 2. The van der Waals surface area contributed by atoms with Gasteiger partial charge in [-0.1, -0.05) is 13.3 Å². The Morgan fingerprint density at radius 3 is 2.36 bits per heavy atom. The third-order valence-corrected chi connectivity index (χ3v) is 3.81. The van der Waals surface area contributed by atoms with Gasteiger partial charge in [-0.15, -0.1) is 0 Å². The van der Waals surface area contributed by atoms with Crippen LogP contribution in [0.3, 0.4) is 0 Å². The highest BCUT2D eigenvalue weighted by molar-refractivity contribution is 5.89. The molecule has 2 aromatic heterocycles. The van der Waals surface area contributed by atoms with Gasteiger partial charge < -0.3 is 19.7 Å². The molecule has 0 saturated carbocycles. The fraction of sp³-hybridized carbons (Fsp3) is 0.211. The highest BCUT2D eigenvalue weighted by atomic mass is 16.5. The van der Waals surface area contributed by atoms with Crippen LogP contribution in [-0.4, -0.2) is 43.2 Å². The van der Waals surface area contributed by atoms with Crippen LogP contribution in [0.2, 0.25) is 0 Å². The minimum absolute atomic E-state index is 0.0437. The van der Waals surface area contributed by atoms with Crippen molar-refractivity contribution in [2.75, 3.05) is 7.11 Å². The standard InChI is InChI=1S/C19H18N4O5/c1-3-5-11-10-12(19(26)27-2)6-7-13(11)28-14-17(24)22-16(23-18(14)25)15-20-8-4-9-21-15/h4,6-10H,3,5H2,1-2H3,(H2,22,23,24,25). The minimum Gasteiger partial charge on any atom is -0.490 e. The van der Waals surface area contributed by atoms with Crippen LogP contribution in [-0.2, 0) is 11.2 Å².